The highest BCUT2D eigenvalue weighted by atomic mass is 16.4. The Kier molecular flexibility index (Phi) is 4.47. The van der Waals surface area contributed by atoms with Crippen LogP contribution >= 0.6 is 0 Å². The molecule has 98 valence electrons. The zero-order valence-electron chi connectivity index (χ0n) is 10.2. The average Bonchev–Trinajstić information content (AvgIpc) is 2.59. The summed E-state index contributed by atoms with van der Waals surface area (Å²) in [6, 6.07) is 0. The summed E-state index contributed by atoms with van der Waals surface area (Å²) in [4.78, 5) is 22.3. The number of hydrogen-bond donors (Lipinski definition) is 4. The summed E-state index contributed by atoms with van der Waals surface area (Å²) in [5, 5.41) is 24.0. The second kappa shape index (κ2) is 5.46. The lowest BCUT2D eigenvalue weighted by molar-refractivity contribution is -0.142. The quantitative estimate of drug-likeness (QED) is 0.506. The molecule has 0 radical (unpaired) electrons. The number of carboxylic acids is 1. The maximum atomic E-state index is 11.8. The first-order chi connectivity index (χ1) is 7.82. The van der Waals surface area contributed by atoms with Gasteiger partial charge in [0, 0.05) is 13.1 Å². The van der Waals surface area contributed by atoms with E-state index in [4.69, 9.17) is 5.11 Å². The SMILES string of the molecule is C[C@@H]1CNC[C@H]1C(=O)NCC(C)(O)CC(=O)O. The summed E-state index contributed by atoms with van der Waals surface area (Å²) in [5.74, 6) is -1.05. The highest BCUT2D eigenvalue weighted by Crippen LogP contribution is 2.16. The van der Waals surface area contributed by atoms with Crippen LogP contribution in [0.5, 0.6) is 0 Å². The van der Waals surface area contributed by atoms with Gasteiger partial charge in [-0.3, -0.25) is 9.59 Å². The molecule has 0 aromatic heterocycles. The summed E-state index contributed by atoms with van der Waals surface area (Å²) in [7, 11) is 0. The van der Waals surface area contributed by atoms with Crippen molar-refractivity contribution in [1.82, 2.24) is 10.6 Å². The smallest absolute Gasteiger partial charge is 0.306 e. The molecular weight excluding hydrogens is 224 g/mol. The lowest BCUT2D eigenvalue weighted by Gasteiger charge is -2.23. The summed E-state index contributed by atoms with van der Waals surface area (Å²) in [6.45, 7) is 4.79. The fourth-order valence-corrected chi connectivity index (χ4v) is 1.96. The minimum absolute atomic E-state index is 0.0403. The predicted molar refractivity (Wildman–Crippen MR) is 61.4 cm³/mol. The highest BCUT2D eigenvalue weighted by Gasteiger charge is 2.31. The number of rotatable bonds is 5. The highest BCUT2D eigenvalue weighted by molar-refractivity contribution is 5.79. The predicted octanol–water partition coefficient (Wildman–Crippen LogP) is -0.816. The van der Waals surface area contributed by atoms with Gasteiger partial charge in [-0.05, 0) is 19.4 Å². The van der Waals surface area contributed by atoms with Crippen LogP contribution in [0, 0.1) is 11.8 Å². The van der Waals surface area contributed by atoms with Gasteiger partial charge in [-0.2, -0.15) is 0 Å². The minimum Gasteiger partial charge on any atom is -0.481 e. The topological polar surface area (TPSA) is 98.7 Å². The molecule has 3 atom stereocenters. The first-order valence-electron chi connectivity index (χ1n) is 5.74. The zero-order chi connectivity index (χ0) is 13.1. The molecule has 1 aliphatic heterocycles. The number of aliphatic hydroxyl groups is 1. The van der Waals surface area contributed by atoms with E-state index in [9.17, 15) is 14.7 Å². The molecule has 0 aliphatic carbocycles. The lowest BCUT2D eigenvalue weighted by atomic mass is 9.96. The van der Waals surface area contributed by atoms with E-state index >= 15 is 0 Å². The molecule has 1 saturated heterocycles. The van der Waals surface area contributed by atoms with Gasteiger partial charge in [0.05, 0.1) is 17.9 Å². The Morgan fingerprint density at radius 2 is 2.12 bits per heavy atom. The molecule has 1 rings (SSSR count). The molecule has 0 aromatic carbocycles. The molecule has 6 nitrogen and oxygen atoms in total. The third-order valence-corrected chi connectivity index (χ3v) is 3.03. The molecule has 17 heavy (non-hydrogen) atoms. The van der Waals surface area contributed by atoms with E-state index in [1.54, 1.807) is 0 Å². The van der Waals surface area contributed by atoms with Crippen LogP contribution in [0.25, 0.3) is 0 Å². The molecule has 1 amide bonds. The molecule has 1 heterocycles. The average molecular weight is 244 g/mol. The largest absolute Gasteiger partial charge is 0.481 e. The Morgan fingerprint density at radius 3 is 2.59 bits per heavy atom. The van der Waals surface area contributed by atoms with E-state index in [1.807, 2.05) is 6.92 Å². The first-order valence-corrected chi connectivity index (χ1v) is 5.74. The van der Waals surface area contributed by atoms with E-state index in [0.29, 0.717) is 6.54 Å². The number of carboxylic acid groups (broad SMARTS) is 1. The van der Waals surface area contributed by atoms with Crippen LogP contribution < -0.4 is 10.6 Å². The van der Waals surface area contributed by atoms with Crippen molar-refractivity contribution in [1.29, 1.82) is 0 Å². The van der Waals surface area contributed by atoms with Crippen LogP contribution in [0.1, 0.15) is 20.3 Å². The Hall–Kier alpha value is -1.14. The fourth-order valence-electron chi connectivity index (χ4n) is 1.96. The molecule has 0 spiro atoms. The Labute approximate surface area is 100 Å². The second-order valence-electron chi connectivity index (χ2n) is 5.03. The van der Waals surface area contributed by atoms with Crippen molar-refractivity contribution in [2.24, 2.45) is 11.8 Å². The van der Waals surface area contributed by atoms with Crippen LogP contribution in [-0.4, -0.2) is 47.3 Å². The van der Waals surface area contributed by atoms with Crippen LogP contribution in [-0.2, 0) is 9.59 Å². The van der Waals surface area contributed by atoms with E-state index < -0.39 is 11.6 Å². The van der Waals surface area contributed by atoms with Gasteiger partial charge in [0.1, 0.15) is 0 Å². The van der Waals surface area contributed by atoms with Crippen molar-refractivity contribution < 1.29 is 19.8 Å². The molecular formula is C11H20N2O4. The van der Waals surface area contributed by atoms with Gasteiger partial charge in [-0.15, -0.1) is 0 Å². The standard InChI is InChI=1S/C11H20N2O4/c1-7-4-12-5-8(7)10(16)13-6-11(2,17)3-9(14)15/h7-8,12,17H,3-6H2,1-2H3,(H,13,16)(H,14,15)/t7-,8-,11?/m1/s1. The third kappa shape index (κ3) is 4.32. The van der Waals surface area contributed by atoms with Gasteiger partial charge in [0.15, 0.2) is 0 Å². The molecule has 1 aliphatic rings. The maximum Gasteiger partial charge on any atom is 0.306 e. The van der Waals surface area contributed by atoms with Gasteiger partial charge in [0.2, 0.25) is 5.91 Å². The van der Waals surface area contributed by atoms with Crippen molar-refractivity contribution in [2.45, 2.75) is 25.9 Å². The van der Waals surface area contributed by atoms with Crippen LogP contribution in [0.15, 0.2) is 0 Å². The van der Waals surface area contributed by atoms with Gasteiger partial charge in [-0.25, -0.2) is 0 Å². The summed E-state index contributed by atoms with van der Waals surface area (Å²) >= 11 is 0. The third-order valence-electron chi connectivity index (χ3n) is 3.03. The van der Waals surface area contributed by atoms with Gasteiger partial charge in [-0.1, -0.05) is 6.92 Å². The van der Waals surface area contributed by atoms with Gasteiger partial charge >= 0.3 is 5.97 Å². The first kappa shape index (κ1) is 13.9. The summed E-state index contributed by atoms with van der Waals surface area (Å²) in [6.07, 6.45) is -0.383. The molecule has 1 unspecified atom stereocenters. The van der Waals surface area contributed by atoms with E-state index in [2.05, 4.69) is 10.6 Å². The van der Waals surface area contributed by atoms with E-state index in [0.717, 1.165) is 6.54 Å². The van der Waals surface area contributed by atoms with Crippen molar-refractivity contribution in [3.63, 3.8) is 0 Å². The van der Waals surface area contributed by atoms with Crippen molar-refractivity contribution in [3.05, 3.63) is 0 Å². The molecule has 4 N–H and O–H groups in total. The number of amides is 1. The molecule has 1 fully saturated rings. The monoisotopic (exact) mass is 244 g/mol. The molecule has 0 aromatic rings. The molecule has 0 saturated carbocycles. The van der Waals surface area contributed by atoms with Crippen molar-refractivity contribution >= 4 is 11.9 Å². The zero-order valence-corrected chi connectivity index (χ0v) is 10.2. The number of nitrogens with one attached hydrogen (secondary N) is 2. The van der Waals surface area contributed by atoms with Crippen LogP contribution in [0.3, 0.4) is 0 Å². The number of aliphatic carboxylic acids is 1. The van der Waals surface area contributed by atoms with Gasteiger partial charge in [0.25, 0.3) is 0 Å². The van der Waals surface area contributed by atoms with Crippen LogP contribution in [0.2, 0.25) is 0 Å². The molecule has 6 heteroatoms. The van der Waals surface area contributed by atoms with Crippen molar-refractivity contribution in [2.75, 3.05) is 19.6 Å². The number of carbonyl (C=O) groups excluding carboxylic acids is 1. The van der Waals surface area contributed by atoms with E-state index in [1.165, 1.54) is 6.92 Å². The van der Waals surface area contributed by atoms with Crippen molar-refractivity contribution in [3.8, 4) is 0 Å². The molecule has 0 bridgehead atoms. The maximum absolute atomic E-state index is 11.8. The van der Waals surface area contributed by atoms with E-state index in [-0.39, 0.29) is 30.7 Å². The fraction of sp³-hybridized carbons (Fsp3) is 0.818. The second-order valence-corrected chi connectivity index (χ2v) is 5.03. The summed E-state index contributed by atoms with van der Waals surface area (Å²) < 4.78 is 0. The minimum atomic E-state index is -1.41. The number of hydrogen-bond acceptors (Lipinski definition) is 4. The Morgan fingerprint density at radius 1 is 1.47 bits per heavy atom. The Bertz CT molecular complexity index is 304. The van der Waals surface area contributed by atoms with Crippen LogP contribution in [0.4, 0.5) is 0 Å². The lowest BCUT2D eigenvalue weighted by Crippen LogP contribution is -2.45. The number of carbonyl (C=O) groups is 2. The Balaban J connectivity index is 2.39. The normalized spacial score (nSPS) is 27.5. The summed E-state index contributed by atoms with van der Waals surface area (Å²) in [5.41, 5.74) is -1.41. The van der Waals surface area contributed by atoms with Gasteiger partial charge < -0.3 is 20.8 Å².